The van der Waals surface area contributed by atoms with Gasteiger partial charge in [-0.3, -0.25) is 4.79 Å². The van der Waals surface area contributed by atoms with E-state index in [1.165, 1.54) is 0 Å². The molecule has 4 atom stereocenters. The highest BCUT2D eigenvalue weighted by Gasteiger charge is 2.52. The molecule has 0 aromatic carbocycles. The largest absolute Gasteiger partial charge is 0.481 e. The van der Waals surface area contributed by atoms with Gasteiger partial charge in [-0.05, 0) is 31.1 Å². The third kappa shape index (κ3) is 2.82. The van der Waals surface area contributed by atoms with E-state index in [4.69, 9.17) is 4.74 Å². The SMILES string of the molecule is CCCCCC(C(=O)O)C1(C)CCC2OC2C1. The fraction of sp³-hybridized carbons (Fsp3) is 0.929. The van der Waals surface area contributed by atoms with Crippen molar-refractivity contribution in [1.82, 2.24) is 0 Å². The number of carbonyl (C=O) groups is 1. The first-order valence-corrected chi connectivity index (χ1v) is 6.95. The number of carboxylic acids is 1. The van der Waals surface area contributed by atoms with Crippen LogP contribution in [0.5, 0.6) is 0 Å². The molecule has 0 aromatic rings. The van der Waals surface area contributed by atoms with E-state index >= 15 is 0 Å². The van der Waals surface area contributed by atoms with E-state index in [0.29, 0.717) is 12.2 Å². The monoisotopic (exact) mass is 240 g/mol. The molecule has 1 saturated heterocycles. The maximum Gasteiger partial charge on any atom is 0.307 e. The Balaban J connectivity index is 1.95. The van der Waals surface area contributed by atoms with Gasteiger partial charge in [0.15, 0.2) is 0 Å². The molecule has 0 radical (unpaired) electrons. The molecule has 1 heterocycles. The van der Waals surface area contributed by atoms with E-state index in [2.05, 4.69) is 13.8 Å². The second-order valence-electron chi connectivity index (χ2n) is 6.00. The maximum absolute atomic E-state index is 11.5. The number of rotatable bonds is 6. The zero-order valence-electron chi connectivity index (χ0n) is 10.9. The molecule has 0 spiro atoms. The van der Waals surface area contributed by atoms with Crippen LogP contribution in [0.1, 0.15) is 58.8 Å². The van der Waals surface area contributed by atoms with Crippen molar-refractivity contribution in [3.63, 3.8) is 0 Å². The van der Waals surface area contributed by atoms with Crippen molar-refractivity contribution < 1.29 is 14.6 Å². The van der Waals surface area contributed by atoms with Crippen molar-refractivity contribution in [1.29, 1.82) is 0 Å². The van der Waals surface area contributed by atoms with Crippen LogP contribution in [-0.4, -0.2) is 23.3 Å². The molecule has 4 unspecified atom stereocenters. The maximum atomic E-state index is 11.5. The summed E-state index contributed by atoms with van der Waals surface area (Å²) in [4.78, 5) is 11.5. The van der Waals surface area contributed by atoms with Gasteiger partial charge < -0.3 is 9.84 Å². The quantitative estimate of drug-likeness (QED) is 0.573. The second kappa shape index (κ2) is 4.97. The Morgan fingerprint density at radius 2 is 2.24 bits per heavy atom. The lowest BCUT2D eigenvalue weighted by atomic mass is 9.66. The summed E-state index contributed by atoms with van der Waals surface area (Å²) in [5, 5.41) is 9.45. The van der Waals surface area contributed by atoms with Gasteiger partial charge in [0.25, 0.3) is 0 Å². The van der Waals surface area contributed by atoms with Crippen LogP contribution >= 0.6 is 0 Å². The molecule has 2 fully saturated rings. The number of carboxylic acid groups (broad SMARTS) is 1. The second-order valence-corrected chi connectivity index (χ2v) is 6.00. The molecule has 1 N–H and O–H groups in total. The summed E-state index contributed by atoms with van der Waals surface area (Å²) in [6.45, 7) is 4.30. The van der Waals surface area contributed by atoms with Crippen LogP contribution in [0.2, 0.25) is 0 Å². The van der Waals surface area contributed by atoms with Crippen molar-refractivity contribution in [2.24, 2.45) is 11.3 Å². The standard InChI is InChI=1S/C14H24O3/c1-3-4-5-6-10(13(15)16)14(2)8-7-11-12(9-14)17-11/h10-12H,3-9H2,1-2H3,(H,15,16). The molecule has 1 aliphatic carbocycles. The lowest BCUT2D eigenvalue weighted by molar-refractivity contribution is -0.147. The molecule has 98 valence electrons. The number of fused-ring (bicyclic) bond motifs is 1. The molecule has 2 aliphatic rings. The van der Waals surface area contributed by atoms with E-state index in [9.17, 15) is 9.90 Å². The minimum Gasteiger partial charge on any atom is -0.481 e. The van der Waals surface area contributed by atoms with Crippen LogP contribution in [0.3, 0.4) is 0 Å². The van der Waals surface area contributed by atoms with Crippen LogP contribution in [0.4, 0.5) is 0 Å². The van der Waals surface area contributed by atoms with Crippen molar-refractivity contribution in [3.8, 4) is 0 Å². The molecule has 0 aromatic heterocycles. The van der Waals surface area contributed by atoms with E-state index in [0.717, 1.165) is 44.9 Å². The molecule has 0 amide bonds. The lowest BCUT2D eigenvalue weighted by Crippen LogP contribution is -2.37. The third-order valence-corrected chi connectivity index (χ3v) is 4.59. The van der Waals surface area contributed by atoms with E-state index in [1.54, 1.807) is 0 Å². The summed E-state index contributed by atoms with van der Waals surface area (Å²) in [7, 11) is 0. The number of hydrogen-bond donors (Lipinski definition) is 1. The van der Waals surface area contributed by atoms with Crippen molar-refractivity contribution >= 4 is 5.97 Å². The molecule has 3 heteroatoms. The molecular weight excluding hydrogens is 216 g/mol. The number of ether oxygens (including phenoxy) is 1. The summed E-state index contributed by atoms with van der Waals surface area (Å²) in [6.07, 6.45) is 7.99. The van der Waals surface area contributed by atoms with Crippen LogP contribution < -0.4 is 0 Å². The molecule has 1 aliphatic heterocycles. The number of aliphatic carboxylic acids is 1. The highest BCUT2D eigenvalue weighted by Crippen LogP contribution is 2.51. The summed E-state index contributed by atoms with van der Waals surface area (Å²) < 4.78 is 5.54. The number of epoxide rings is 1. The summed E-state index contributed by atoms with van der Waals surface area (Å²) in [5.74, 6) is -0.790. The zero-order valence-corrected chi connectivity index (χ0v) is 10.9. The predicted octanol–water partition coefficient (Wildman–Crippen LogP) is 3.23. The first-order valence-electron chi connectivity index (χ1n) is 6.95. The minimum absolute atomic E-state index is 0.0444. The first kappa shape index (κ1) is 12.9. The molecule has 17 heavy (non-hydrogen) atoms. The average Bonchev–Trinajstić information content (AvgIpc) is 3.01. The fourth-order valence-corrected chi connectivity index (χ4v) is 3.33. The summed E-state index contributed by atoms with van der Waals surface area (Å²) >= 11 is 0. The molecule has 1 saturated carbocycles. The molecular formula is C14H24O3. The van der Waals surface area contributed by atoms with Gasteiger partial charge in [-0.2, -0.15) is 0 Å². The zero-order chi connectivity index (χ0) is 12.5. The Labute approximate surface area is 104 Å². The lowest BCUT2D eigenvalue weighted by Gasteiger charge is -2.37. The summed E-state index contributed by atoms with van der Waals surface area (Å²) in [5.41, 5.74) is -0.0444. The van der Waals surface area contributed by atoms with Crippen molar-refractivity contribution in [2.45, 2.75) is 71.0 Å². The van der Waals surface area contributed by atoms with E-state index in [-0.39, 0.29) is 11.3 Å². The number of unbranched alkanes of at least 4 members (excludes halogenated alkanes) is 2. The fourth-order valence-electron chi connectivity index (χ4n) is 3.33. The van der Waals surface area contributed by atoms with Crippen LogP contribution in [0, 0.1) is 11.3 Å². The predicted molar refractivity (Wildman–Crippen MR) is 65.9 cm³/mol. The minimum atomic E-state index is -0.609. The Kier molecular flexibility index (Phi) is 3.76. The first-order chi connectivity index (χ1) is 8.07. The summed E-state index contributed by atoms with van der Waals surface area (Å²) in [6, 6.07) is 0. The van der Waals surface area contributed by atoms with Gasteiger partial charge in [-0.1, -0.05) is 33.1 Å². The van der Waals surface area contributed by atoms with Gasteiger partial charge in [-0.25, -0.2) is 0 Å². The molecule has 2 rings (SSSR count). The van der Waals surface area contributed by atoms with Gasteiger partial charge >= 0.3 is 5.97 Å². The van der Waals surface area contributed by atoms with Crippen molar-refractivity contribution in [2.75, 3.05) is 0 Å². The Morgan fingerprint density at radius 3 is 2.82 bits per heavy atom. The number of hydrogen-bond acceptors (Lipinski definition) is 2. The highest BCUT2D eigenvalue weighted by atomic mass is 16.6. The Morgan fingerprint density at radius 1 is 1.47 bits per heavy atom. The molecule has 0 bridgehead atoms. The van der Waals surface area contributed by atoms with Gasteiger partial charge in [0.2, 0.25) is 0 Å². The Hall–Kier alpha value is -0.570. The van der Waals surface area contributed by atoms with Gasteiger partial charge in [-0.15, -0.1) is 0 Å². The highest BCUT2D eigenvalue weighted by molar-refractivity contribution is 5.71. The van der Waals surface area contributed by atoms with E-state index < -0.39 is 5.97 Å². The van der Waals surface area contributed by atoms with Crippen molar-refractivity contribution in [3.05, 3.63) is 0 Å². The van der Waals surface area contributed by atoms with Gasteiger partial charge in [0.1, 0.15) is 0 Å². The topological polar surface area (TPSA) is 49.8 Å². The average molecular weight is 240 g/mol. The van der Waals surface area contributed by atoms with Crippen LogP contribution in [0.15, 0.2) is 0 Å². The van der Waals surface area contributed by atoms with Gasteiger partial charge in [0, 0.05) is 0 Å². The third-order valence-electron chi connectivity index (χ3n) is 4.59. The normalized spacial score (nSPS) is 37.3. The molecule has 3 nitrogen and oxygen atoms in total. The van der Waals surface area contributed by atoms with E-state index in [1.807, 2.05) is 0 Å². The Bertz CT molecular complexity index is 289. The smallest absolute Gasteiger partial charge is 0.307 e. The van der Waals surface area contributed by atoms with Crippen LogP contribution in [-0.2, 0) is 9.53 Å². The van der Waals surface area contributed by atoms with Gasteiger partial charge in [0.05, 0.1) is 18.1 Å². The van der Waals surface area contributed by atoms with Crippen LogP contribution in [0.25, 0.3) is 0 Å².